The van der Waals surface area contributed by atoms with E-state index in [0.717, 1.165) is 18.9 Å². The van der Waals surface area contributed by atoms with Crippen LogP contribution >= 0.6 is 11.9 Å². The van der Waals surface area contributed by atoms with Crippen molar-refractivity contribution in [1.29, 1.82) is 0 Å². The highest BCUT2D eigenvalue weighted by atomic mass is 35.5. The molecular weight excluding hydrogens is 168 g/mol. The van der Waals surface area contributed by atoms with Gasteiger partial charge < -0.3 is 4.74 Å². The highest BCUT2D eigenvalue weighted by molar-refractivity contribution is 6.07. The van der Waals surface area contributed by atoms with E-state index in [1.165, 1.54) is 0 Å². The van der Waals surface area contributed by atoms with Crippen molar-refractivity contribution >= 4 is 17.8 Å². The van der Waals surface area contributed by atoms with Crippen LogP contribution in [0.1, 0.15) is 12.8 Å². The van der Waals surface area contributed by atoms with Crippen LogP contribution in [0.25, 0.3) is 0 Å². The third-order valence-electron chi connectivity index (χ3n) is 1.03. The summed E-state index contributed by atoms with van der Waals surface area (Å²) in [6.45, 7) is 4.13. The van der Waals surface area contributed by atoms with Crippen LogP contribution in [0.4, 0.5) is 0 Å². The molecule has 0 bridgehead atoms. The lowest BCUT2D eigenvalue weighted by molar-refractivity contribution is -0.137. The maximum atomic E-state index is 10.4. The molecule has 3 nitrogen and oxygen atoms in total. The first-order chi connectivity index (χ1) is 5.31. The zero-order valence-corrected chi connectivity index (χ0v) is 6.97. The van der Waals surface area contributed by atoms with Crippen LogP contribution in [0.2, 0.25) is 0 Å². The molecule has 0 heterocycles. The molecule has 0 aliphatic rings. The molecular formula is C7H11ClO3. The average molecular weight is 179 g/mol. The number of carbonyl (C=O) groups excluding carboxylic acids is 1. The summed E-state index contributed by atoms with van der Waals surface area (Å²) >= 11 is 4.95. The van der Waals surface area contributed by atoms with Gasteiger partial charge in [-0.25, -0.2) is 4.79 Å². The summed E-state index contributed by atoms with van der Waals surface area (Å²) < 4.78 is 8.97. The molecule has 0 aromatic carbocycles. The molecule has 0 amide bonds. The Labute approximate surface area is 71.1 Å². The van der Waals surface area contributed by atoms with E-state index in [1.807, 2.05) is 0 Å². The highest BCUT2D eigenvalue weighted by Gasteiger charge is 1.94. The van der Waals surface area contributed by atoms with Gasteiger partial charge in [0.05, 0.1) is 25.1 Å². The predicted molar refractivity (Wildman–Crippen MR) is 42.2 cm³/mol. The first-order valence-electron chi connectivity index (χ1n) is 3.34. The summed E-state index contributed by atoms with van der Waals surface area (Å²) in [7, 11) is 0. The Morgan fingerprint density at radius 3 is 2.64 bits per heavy atom. The van der Waals surface area contributed by atoms with Gasteiger partial charge in [0.2, 0.25) is 0 Å². The Hall–Kier alpha value is -0.540. The first kappa shape index (κ1) is 10.5. The molecule has 0 radical (unpaired) electrons. The van der Waals surface area contributed by atoms with Gasteiger partial charge >= 0.3 is 5.97 Å². The van der Waals surface area contributed by atoms with E-state index in [0.29, 0.717) is 13.2 Å². The zero-order valence-electron chi connectivity index (χ0n) is 6.22. The summed E-state index contributed by atoms with van der Waals surface area (Å²) in [5.41, 5.74) is 0. The number of carbonyl (C=O) groups is 1. The maximum absolute atomic E-state index is 10.4. The Morgan fingerprint density at radius 1 is 1.45 bits per heavy atom. The minimum atomic E-state index is -0.392. The van der Waals surface area contributed by atoms with Gasteiger partial charge in [0, 0.05) is 6.08 Å². The molecule has 0 fully saturated rings. The molecule has 64 valence electrons. The molecule has 0 aliphatic heterocycles. The average Bonchev–Trinajstić information content (AvgIpc) is 2.04. The molecule has 0 N–H and O–H groups in total. The van der Waals surface area contributed by atoms with Gasteiger partial charge in [-0.15, -0.1) is 0 Å². The Morgan fingerprint density at radius 2 is 2.09 bits per heavy atom. The van der Waals surface area contributed by atoms with Crippen LogP contribution in [0.5, 0.6) is 0 Å². The van der Waals surface area contributed by atoms with Crippen molar-refractivity contribution in [3.63, 3.8) is 0 Å². The third-order valence-corrected chi connectivity index (χ3v) is 1.18. The Balaban J connectivity index is 3.01. The number of hydrogen-bond acceptors (Lipinski definition) is 3. The summed E-state index contributed by atoms with van der Waals surface area (Å²) in [4.78, 5) is 10.4. The molecule has 0 unspecified atom stereocenters. The second kappa shape index (κ2) is 7.57. The number of halogens is 1. The minimum Gasteiger partial charge on any atom is -0.463 e. The van der Waals surface area contributed by atoms with Gasteiger partial charge in [0.25, 0.3) is 0 Å². The van der Waals surface area contributed by atoms with E-state index in [1.54, 1.807) is 0 Å². The largest absolute Gasteiger partial charge is 0.463 e. The quantitative estimate of drug-likeness (QED) is 0.353. The van der Waals surface area contributed by atoms with E-state index >= 15 is 0 Å². The fourth-order valence-corrected chi connectivity index (χ4v) is 0.599. The van der Waals surface area contributed by atoms with E-state index < -0.39 is 5.97 Å². The predicted octanol–water partition coefficient (Wildman–Crippen LogP) is 1.67. The lowest BCUT2D eigenvalue weighted by atomic mass is 10.3. The molecule has 0 aliphatic carbocycles. The van der Waals surface area contributed by atoms with Gasteiger partial charge in [-0.3, -0.25) is 4.29 Å². The van der Waals surface area contributed by atoms with Crippen LogP contribution in [-0.2, 0) is 13.8 Å². The fourth-order valence-electron chi connectivity index (χ4n) is 0.490. The Bertz CT molecular complexity index is 125. The second-order valence-corrected chi connectivity index (χ2v) is 2.11. The molecule has 0 aromatic heterocycles. The molecule has 11 heavy (non-hydrogen) atoms. The molecule has 0 atom stereocenters. The molecule has 0 aromatic rings. The topological polar surface area (TPSA) is 35.5 Å². The van der Waals surface area contributed by atoms with Gasteiger partial charge in [-0.1, -0.05) is 6.58 Å². The summed E-state index contributed by atoms with van der Waals surface area (Å²) in [5.74, 6) is -0.392. The van der Waals surface area contributed by atoms with Gasteiger partial charge in [-0.05, 0) is 12.8 Å². The van der Waals surface area contributed by atoms with Crippen molar-refractivity contribution in [3.05, 3.63) is 12.7 Å². The third kappa shape index (κ3) is 7.36. The van der Waals surface area contributed by atoms with E-state index in [2.05, 4.69) is 15.6 Å². The van der Waals surface area contributed by atoms with Crippen molar-refractivity contribution in [2.45, 2.75) is 12.8 Å². The fraction of sp³-hybridized carbons (Fsp3) is 0.571. The van der Waals surface area contributed by atoms with E-state index in [4.69, 9.17) is 11.9 Å². The summed E-state index contributed by atoms with van der Waals surface area (Å²) in [5, 5.41) is 0. The van der Waals surface area contributed by atoms with Crippen LogP contribution in [-0.4, -0.2) is 19.2 Å². The Kier molecular flexibility index (Phi) is 7.19. The number of esters is 1. The maximum Gasteiger partial charge on any atom is 0.330 e. The lowest BCUT2D eigenvalue weighted by Crippen LogP contribution is -2.02. The van der Waals surface area contributed by atoms with Crippen LogP contribution in [0.3, 0.4) is 0 Å². The van der Waals surface area contributed by atoms with Gasteiger partial charge in [0.15, 0.2) is 0 Å². The molecule has 0 rings (SSSR count). The van der Waals surface area contributed by atoms with Crippen LogP contribution in [0, 0.1) is 0 Å². The van der Waals surface area contributed by atoms with Crippen molar-refractivity contribution < 1.29 is 13.8 Å². The number of unbranched alkanes of at least 4 members (excludes halogenated alkanes) is 1. The smallest absolute Gasteiger partial charge is 0.330 e. The molecule has 4 heteroatoms. The molecule has 0 saturated heterocycles. The minimum absolute atomic E-state index is 0.392. The standard InChI is InChI=1S/C7H11ClO3/c1-2-7(9)10-5-3-4-6-11-8/h2H,1,3-6H2. The van der Waals surface area contributed by atoms with Crippen LogP contribution in [0.15, 0.2) is 12.7 Å². The van der Waals surface area contributed by atoms with Gasteiger partial charge in [0.1, 0.15) is 0 Å². The van der Waals surface area contributed by atoms with Gasteiger partial charge in [-0.2, -0.15) is 0 Å². The number of rotatable bonds is 6. The van der Waals surface area contributed by atoms with Crippen LogP contribution < -0.4 is 0 Å². The summed E-state index contributed by atoms with van der Waals surface area (Å²) in [6, 6.07) is 0. The first-order valence-corrected chi connectivity index (χ1v) is 3.65. The van der Waals surface area contributed by atoms with Crippen molar-refractivity contribution in [2.24, 2.45) is 0 Å². The van der Waals surface area contributed by atoms with Crippen molar-refractivity contribution in [2.75, 3.05) is 13.2 Å². The lowest BCUT2D eigenvalue weighted by Gasteiger charge is -1.99. The van der Waals surface area contributed by atoms with E-state index in [-0.39, 0.29) is 0 Å². The second-order valence-electron chi connectivity index (χ2n) is 1.89. The highest BCUT2D eigenvalue weighted by Crippen LogP contribution is 1.93. The number of hydrogen-bond donors (Lipinski definition) is 0. The van der Waals surface area contributed by atoms with Crippen molar-refractivity contribution in [3.8, 4) is 0 Å². The number of ether oxygens (including phenoxy) is 1. The SMILES string of the molecule is C=CC(=O)OCCCCOCl. The van der Waals surface area contributed by atoms with Crippen molar-refractivity contribution in [1.82, 2.24) is 0 Å². The van der Waals surface area contributed by atoms with E-state index in [9.17, 15) is 4.79 Å². The molecule has 0 saturated carbocycles. The summed E-state index contributed by atoms with van der Waals surface area (Å²) in [6.07, 6.45) is 2.68. The molecule has 0 spiro atoms. The zero-order chi connectivity index (χ0) is 8.53. The monoisotopic (exact) mass is 178 g/mol. The normalized spacial score (nSPS) is 9.18.